The van der Waals surface area contributed by atoms with Gasteiger partial charge in [-0.2, -0.15) is 0 Å². The molecule has 1 aromatic heterocycles. The number of benzene rings is 2. The fourth-order valence-corrected chi connectivity index (χ4v) is 4.77. The van der Waals surface area contributed by atoms with Crippen molar-refractivity contribution in [2.24, 2.45) is 4.99 Å². The lowest BCUT2D eigenvalue weighted by Gasteiger charge is -2.27. The number of aromatic nitrogens is 1. The van der Waals surface area contributed by atoms with Crippen molar-refractivity contribution in [3.63, 3.8) is 0 Å². The third-order valence-electron chi connectivity index (χ3n) is 5.43. The van der Waals surface area contributed by atoms with Crippen LogP contribution in [0.1, 0.15) is 16.7 Å². The third-order valence-corrected chi connectivity index (χ3v) is 6.29. The van der Waals surface area contributed by atoms with Crippen LogP contribution in [-0.4, -0.2) is 42.3 Å². The van der Waals surface area contributed by atoms with Crippen LogP contribution in [0.2, 0.25) is 0 Å². The first-order chi connectivity index (χ1) is 14.1. The molecule has 0 atom stereocenters. The first kappa shape index (κ1) is 20.1. The van der Waals surface area contributed by atoms with Gasteiger partial charge in [-0.1, -0.05) is 35.9 Å². The molecule has 1 aliphatic heterocycles. The van der Waals surface area contributed by atoms with Gasteiger partial charge in [0.25, 0.3) is 0 Å². The Labute approximate surface area is 177 Å². The van der Waals surface area contributed by atoms with E-state index >= 15 is 0 Å². The summed E-state index contributed by atoms with van der Waals surface area (Å²) in [6.07, 6.45) is 0. The predicted octanol–water partition coefficient (Wildman–Crippen LogP) is 4.71. The van der Waals surface area contributed by atoms with Crippen LogP contribution < -0.4 is 4.80 Å². The molecule has 0 aliphatic carbocycles. The molecule has 2 heterocycles. The summed E-state index contributed by atoms with van der Waals surface area (Å²) in [5.41, 5.74) is 7.40. The van der Waals surface area contributed by atoms with Gasteiger partial charge in [-0.15, -0.1) is 11.3 Å². The quantitative estimate of drug-likeness (QED) is 0.613. The van der Waals surface area contributed by atoms with Gasteiger partial charge >= 0.3 is 0 Å². The average molecular weight is 408 g/mol. The minimum atomic E-state index is 0.832. The van der Waals surface area contributed by atoms with E-state index < -0.39 is 0 Å². The Balaban J connectivity index is 1.73. The average Bonchev–Trinajstić information content (AvgIpc) is 3.09. The third kappa shape index (κ3) is 4.86. The summed E-state index contributed by atoms with van der Waals surface area (Å²) in [6.45, 7) is 12.1. The Morgan fingerprint density at radius 3 is 2.52 bits per heavy atom. The molecule has 1 fully saturated rings. The van der Waals surface area contributed by atoms with Crippen LogP contribution in [0.5, 0.6) is 0 Å². The second-order valence-corrected chi connectivity index (χ2v) is 8.61. The fourth-order valence-electron chi connectivity index (χ4n) is 3.83. The summed E-state index contributed by atoms with van der Waals surface area (Å²) in [5, 5.41) is 2.26. The van der Waals surface area contributed by atoms with E-state index in [1.165, 1.54) is 27.9 Å². The molecule has 0 N–H and O–H groups in total. The topological polar surface area (TPSA) is 29.8 Å². The van der Waals surface area contributed by atoms with Crippen molar-refractivity contribution in [3.8, 4) is 11.3 Å². The second kappa shape index (κ2) is 9.08. The highest BCUT2D eigenvalue weighted by Crippen LogP contribution is 2.25. The monoisotopic (exact) mass is 407 g/mol. The van der Waals surface area contributed by atoms with Crippen LogP contribution in [-0.2, 0) is 11.3 Å². The van der Waals surface area contributed by atoms with Crippen LogP contribution in [0.3, 0.4) is 0 Å². The molecule has 3 aromatic rings. The first-order valence-electron chi connectivity index (χ1n) is 10.3. The number of morpholine rings is 1. The second-order valence-electron chi connectivity index (χ2n) is 7.78. The zero-order valence-electron chi connectivity index (χ0n) is 17.5. The van der Waals surface area contributed by atoms with Crippen LogP contribution in [0.25, 0.3) is 11.3 Å². The minimum absolute atomic E-state index is 0.832. The van der Waals surface area contributed by atoms with Gasteiger partial charge in [0.1, 0.15) is 0 Å². The SMILES string of the molecule is Cc1cccc(N=c2scc(-c3ccc(C)cc3C)n2CCN2CCOCC2)c1. The maximum Gasteiger partial charge on any atom is 0.190 e. The van der Waals surface area contributed by atoms with Crippen molar-refractivity contribution in [1.29, 1.82) is 0 Å². The lowest BCUT2D eigenvalue weighted by Crippen LogP contribution is -2.39. The summed E-state index contributed by atoms with van der Waals surface area (Å²) in [7, 11) is 0. The largest absolute Gasteiger partial charge is 0.379 e. The van der Waals surface area contributed by atoms with Gasteiger partial charge in [0.2, 0.25) is 0 Å². The maximum absolute atomic E-state index is 5.51. The standard InChI is InChI=1S/C24H29N3OS/c1-18-5-4-6-21(16-18)25-24-27(10-9-26-11-13-28-14-12-26)23(17-29-24)22-8-7-19(2)15-20(22)3/h4-8,15-17H,9-14H2,1-3H3. The van der Waals surface area contributed by atoms with E-state index in [-0.39, 0.29) is 0 Å². The molecule has 29 heavy (non-hydrogen) atoms. The molecule has 5 heteroatoms. The van der Waals surface area contributed by atoms with Crippen LogP contribution in [0.15, 0.2) is 52.8 Å². The van der Waals surface area contributed by atoms with E-state index in [1.54, 1.807) is 11.3 Å². The van der Waals surface area contributed by atoms with Gasteiger partial charge in [-0.25, -0.2) is 4.99 Å². The zero-order valence-corrected chi connectivity index (χ0v) is 18.3. The van der Waals surface area contributed by atoms with E-state index in [0.717, 1.165) is 49.9 Å². The summed E-state index contributed by atoms with van der Waals surface area (Å²) in [4.78, 5) is 8.53. The van der Waals surface area contributed by atoms with Gasteiger partial charge < -0.3 is 9.30 Å². The Morgan fingerprint density at radius 1 is 0.966 bits per heavy atom. The number of nitrogens with zero attached hydrogens (tertiary/aromatic N) is 3. The predicted molar refractivity (Wildman–Crippen MR) is 121 cm³/mol. The summed E-state index contributed by atoms with van der Waals surface area (Å²) >= 11 is 1.72. The molecule has 0 unspecified atom stereocenters. The van der Waals surface area contributed by atoms with Crippen LogP contribution in [0.4, 0.5) is 5.69 Å². The van der Waals surface area contributed by atoms with Crippen molar-refractivity contribution in [2.75, 3.05) is 32.8 Å². The normalized spacial score (nSPS) is 15.8. The molecule has 4 nitrogen and oxygen atoms in total. The number of ether oxygens (including phenoxy) is 1. The molecule has 0 amide bonds. The molecular formula is C24H29N3OS. The van der Waals surface area contributed by atoms with Gasteiger partial charge in [-0.3, -0.25) is 4.90 Å². The molecule has 1 aliphatic rings. The van der Waals surface area contributed by atoms with Crippen molar-refractivity contribution < 1.29 is 4.74 Å². The highest BCUT2D eigenvalue weighted by atomic mass is 32.1. The smallest absolute Gasteiger partial charge is 0.190 e. The summed E-state index contributed by atoms with van der Waals surface area (Å²) < 4.78 is 7.89. The number of aryl methyl sites for hydroxylation is 3. The van der Waals surface area contributed by atoms with E-state index in [0.29, 0.717) is 0 Å². The number of rotatable bonds is 5. The van der Waals surface area contributed by atoms with Crippen LogP contribution >= 0.6 is 11.3 Å². The minimum Gasteiger partial charge on any atom is -0.379 e. The Hall–Kier alpha value is -2.21. The Bertz CT molecular complexity index is 1040. The highest BCUT2D eigenvalue weighted by molar-refractivity contribution is 7.07. The zero-order chi connectivity index (χ0) is 20.2. The summed E-state index contributed by atoms with van der Waals surface area (Å²) in [5.74, 6) is 0. The molecule has 0 spiro atoms. The number of thiazole rings is 1. The lowest BCUT2D eigenvalue weighted by molar-refractivity contribution is 0.0363. The number of hydrogen-bond acceptors (Lipinski definition) is 4. The Morgan fingerprint density at radius 2 is 1.76 bits per heavy atom. The van der Waals surface area contributed by atoms with E-state index in [2.05, 4.69) is 78.1 Å². The lowest BCUT2D eigenvalue weighted by atomic mass is 10.0. The van der Waals surface area contributed by atoms with E-state index in [9.17, 15) is 0 Å². The Kier molecular flexibility index (Phi) is 6.28. The molecule has 0 saturated carbocycles. The fraction of sp³-hybridized carbons (Fsp3) is 0.375. The van der Waals surface area contributed by atoms with Gasteiger partial charge in [-0.05, 0) is 44.0 Å². The van der Waals surface area contributed by atoms with Gasteiger partial charge in [0, 0.05) is 37.1 Å². The van der Waals surface area contributed by atoms with Crippen molar-refractivity contribution in [2.45, 2.75) is 27.3 Å². The molecule has 0 radical (unpaired) electrons. The molecule has 4 rings (SSSR count). The molecule has 152 valence electrons. The molecule has 0 bridgehead atoms. The summed E-state index contributed by atoms with van der Waals surface area (Å²) in [6, 6.07) is 15.1. The van der Waals surface area contributed by atoms with Crippen LogP contribution in [0, 0.1) is 20.8 Å². The van der Waals surface area contributed by atoms with Gasteiger partial charge in [0.15, 0.2) is 4.80 Å². The van der Waals surface area contributed by atoms with Crippen molar-refractivity contribution in [3.05, 3.63) is 69.3 Å². The highest BCUT2D eigenvalue weighted by Gasteiger charge is 2.14. The van der Waals surface area contributed by atoms with E-state index in [4.69, 9.17) is 9.73 Å². The van der Waals surface area contributed by atoms with E-state index in [1.807, 2.05) is 0 Å². The van der Waals surface area contributed by atoms with Crippen molar-refractivity contribution in [1.82, 2.24) is 9.47 Å². The first-order valence-corrected chi connectivity index (χ1v) is 11.2. The molecule has 1 saturated heterocycles. The maximum atomic E-state index is 5.51. The van der Waals surface area contributed by atoms with Crippen molar-refractivity contribution >= 4 is 17.0 Å². The molecule has 2 aromatic carbocycles. The molecular weight excluding hydrogens is 378 g/mol. The number of hydrogen-bond donors (Lipinski definition) is 0. The van der Waals surface area contributed by atoms with Gasteiger partial charge in [0.05, 0.1) is 24.6 Å².